The van der Waals surface area contributed by atoms with E-state index in [1.807, 2.05) is 18.3 Å². The van der Waals surface area contributed by atoms with Crippen molar-refractivity contribution in [2.45, 2.75) is 78.6 Å². The molecule has 0 amide bonds. The fourth-order valence-electron chi connectivity index (χ4n) is 8.97. The fourth-order valence-corrected chi connectivity index (χ4v) is 8.97. The average molecular weight is 1020 g/mol. The van der Waals surface area contributed by atoms with Crippen LogP contribution in [-0.4, -0.2) is 19.6 Å². The van der Waals surface area contributed by atoms with Crippen molar-refractivity contribution in [1.29, 1.82) is 0 Å². The molecule has 64 heavy (non-hydrogen) atoms. The van der Waals surface area contributed by atoms with E-state index in [0.717, 1.165) is 99.6 Å². The van der Waals surface area contributed by atoms with Crippen molar-refractivity contribution in [3.63, 3.8) is 0 Å². The summed E-state index contributed by atoms with van der Waals surface area (Å²) in [6, 6.07) is 52.7. The first-order valence-electron chi connectivity index (χ1n) is 21.9. The predicted octanol–water partition coefficient (Wildman–Crippen LogP) is 15.5. The Hall–Kier alpha value is -6.29. The Labute approximate surface area is 390 Å². The number of nitrogens with zero attached hydrogens (tertiary/aromatic N) is 3. The molecule has 7 aromatic carbocycles. The van der Waals surface area contributed by atoms with E-state index in [1.54, 1.807) is 0 Å². The van der Waals surface area contributed by atoms with Crippen molar-refractivity contribution in [3.05, 3.63) is 168 Å². The van der Waals surface area contributed by atoms with Gasteiger partial charge in [-0.1, -0.05) is 164 Å². The van der Waals surface area contributed by atoms with Crippen LogP contribution in [0.2, 0.25) is 0 Å². The number of aromatic nitrogens is 3. The molecule has 0 unspecified atom stereocenters. The number of hydrogen-bond acceptors (Lipinski definition) is 4. The largest absolute Gasteiger partial charge is 0.507 e. The molecule has 0 atom stereocenters. The number of pyridine rings is 1. The number of para-hydroxylation sites is 2. The molecule has 5 nitrogen and oxygen atoms in total. The summed E-state index contributed by atoms with van der Waals surface area (Å²) in [7, 11) is 0. The van der Waals surface area contributed by atoms with Gasteiger partial charge in [-0.15, -0.1) is 29.3 Å². The summed E-state index contributed by atoms with van der Waals surface area (Å²) >= 11 is 0. The number of fused-ring (bicyclic) bond motifs is 5. The van der Waals surface area contributed by atoms with Gasteiger partial charge in [-0.3, -0.25) is 9.55 Å². The summed E-state index contributed by atoms with van der Waals surface area (Å²) in [4.78, 5) is 10.7. The van der Waals surface area contributed by atoms with Gasteiger partial charge in [-0.05, 0) is 74.5 Å². The van der Waals surface area contributed by atoms with Crippen molar-refractivity contribution in [3.8, 4) is 56.3 Å². The second kappa shape index (κ2) is 15.7. The van der Waals surface area contributed by atoms with Crippen LogP contribution in [0.1, 0.15) is 79.0 Å². The Morgan fingerprint density at radius 3 is 1.94 bits per heavy atom. The Bertz CT molecular complexity index is 3410. The van der Waals surface area contributed by atoms with Gasteiger partial charge in [-0.25, -0.2) is 4.98 Å². The number of imidazole rings is 1. The molecular weight excluding hydrogens is 966 g/mol. The third-order valence-corrected chi connectivity index (χ3v) is 12.5. The maximum atomic E-state index is 12.5. The summed E-state index contributed by atoms with van der Waals surface area (Å²) in [5, 5.41) is 16.7. The number of hydrogen-bond donors (Lipinski definition) is 1. The normalized spacial score (nSPS) is 12.4. The molecule has 3 aromatic heterocycles. The fraction of sp³-hybridized carbons (Fsp3) is 0.207. The van der Waals surface area contributed by atoms with Gasteiger partial charge in [0, 0.05) is 54.9 Å². The van der Waals surface area contributed by atoms with E-state index in [9.17, 15) is 5.11 Å². The van der Waals surface area contributed by atoms with Crippen LogP contribution >= 0.6 is 0 Å². The van der Waals surface area contributed by atoms with E-state index in [0.29, 0.717) is 11.4 Å². The van der Waals surface area contributed by atoms with Gasteiger partial charge < -0.3 is 9.52 Å². The quantitative estimate of drug-likeness (QED) is 0.175. The summed E-state index contributed by atoms with van der Waals surface area (Å²) < 4.78 is 8.76. The van der Waals surface area contributed by atoms with Gasteiger partial charge in [0.15, 0.2) is 0 Å². The topological polar surface area (TPSA) is 64.1 Å². The van der Waals surface area contributed by atoms with Gasteiger partial charge >= 0.3 is 0 Å². The molecule has 1 N–H and O–H groups in total. The van der Waals surface area contributed by atoms with Crippen LogP contribution in [0.25, 0.3) is 94.3 Å². The number of phenolic OH excluding ortho intramolecular Hbond substituents is 1. The number of rotatable bonds is 5. The standard InChI is InChI=1S/C58H52N3O2.Pt/c1-56(2,3)40-29-38(28-39(30-40)52-51-44-31-36-20-13-14-21-37(36)32-50(44)63-49(51)26-27-59-52)43-23-17-25-48-53(43)60-55(45-33-41(57(4,5)6)34-46(54(45)62)58(7,8)9)61(48)47-24-16-15-22-42(47)35-18-11-10-12-19-35;/h10-27,29-34,62H,1-9H3;/q-1;. The number of aromatic hydroxyl groups is 1. The minimum Gasteiger partial charge on any atom is -0.507 e. The molecule has 0 spiro atoms. The van der Waals surface area contributed by atoms with Gasteiger partial charge in [0.05, 0.1) is 22.3 Å². The SMILES string of the molecule is CC(C)(C)c1cc(-c2cccc3c2nc(-c2cc(C(C)(C)C)cc(C(C)(C)C)c2O)n3-c2ccccc2-c2ccccc2)[c-]c(-c2nccc3oc4cc5ccccc5cc4c23)c1.[Pt]. The van der Waals surface area contributed by atoms with Gasteiger partial charge in [0.1, 0.15) is 22.7 Å². The molecule has 0 saturated carbocycles. The smallest absolute Gasteiger partial charge is 0.148 e. The van der Waals surface area contributed by atoms with Crippen LogP contribution in [0.15, 0.2) is 150 Å². The van der Waals surface area contributed by atoms with Crippen LogP contribution in [0.4, 0.5) is 0 Å². The van der Waals surface area contributed by atoms with Crippen LogP contribution < -0.4 is 0 Å². The van der Waals surface area contributed by atoms with E-state index in [1.165, 1.54) is 0 Å². The summed E-state index contributed by atoms with van der Waals surface area (Å²) in [6.45, 7) is 19.9. The molecule has 10 aromatic rings. The Kier molecular flexibility index (Phi) is 10.6. The van der Waals surface area contributed by atoms with E-state index in [2.05, 4.69) is 200 Å². The van der Waals surface area contributed by atoms with Crippen LogP contribution in [0.5, 0.6) is 5.75 Å². The third-order valence-electron chi connectivity index (χ3n) is 12.5. The Morgan fingerprint density at radius 1 is 0.578 bits per heavy atom. The number of benzene rings is 7. The van der Waals surface area contributed by atoms with Crippen LogP contribution in [-0.2, 0) is 37.3 Å². The van der Waals surface area contributed by atoms with E-state index >= 15 is 0 Å². The molecule has 0 aliphatic heterocycles. The van der Waals surface area contributed by atoms with Crippen molar-refractivity contribution < 1.29 is 30.6 Å². The minimum absolute atomic E-state index is 0. The molecule has 0 aliphatic rings. The molecule has 0 saturated heterocycles. The zero-order chi connectivity index (χ0) is 44.0. The van der Waals surface area contributed by atoms with E-state index in [-0.39, 0.29) is 43.1 Å². The van der Waals surface area contributed by atoms with Gasteiger partial charge in [0.25, 0.3) is 0 Å². The second-order valence-electron chi connectivity index (χ2n) is 20.0. The van der Waals surface area contributed by atoms with Crippen molar-refractivity contribution >= 4 is 43.7 Å². The zero-order valence-corrected chi connectivity index (χ0v) is 40.1. The molecule has 6 heteroatoms. The maximum Gasteiger partial charge on any atom is 0.148 e. The first-order valence-corrected chi connectivity index (χ1v) is 21.9. The second-order valence-corrected chi connectivity index (χ2v) is 20.0. The molecule has 0 bridgehead atoms. The monoisotopic (exact) mass is 1020 g/mol. The first kappa shape index (κ1) is 43.0. The molecule has 3 heterocycles. The van der Waals surface area contributed by atoms with Crippen molar-refractivity contribution in [1.82, 2.24) is 14.5 Å². The summed E-state index contributed by atoms with van der Waals surface area (Å²) in [6.07, 6.45) is 1.83. The zero-order valence-electron chi connectivity index (χ0n) is 37.9. The molecule has 0 radical (unpaired) electrons. The van der Waals surface area contributed by atoms with Crippen LogP contribution in [0.3, 0.4) is 0 Å². The molecule has 322 valence electrons. The first-order chi connectivity index (χ1) is 30.0. The summed E-state index contributed by atoms with van der Waals surface area (Å²) in [5.74, 6) is 0.916. The third kappa shape index (κ3) is 7.44. The average Bonchev–Trinajstić information content (AvgIpc) is 3.83. The molecule has 0 aliphatic carbocycles. The Balaban J connectivity index is 0.00000518. The maximum absolute atomic E-state index is 12.5. The van der Waals surface area contributed by atoms with Crippen LogP contribution in [0, 0.1) is 6.07 Å². The van der Waals surface area contributed by atoms with Gasteiger partial charge in [-0.2, -0.15) is 0 Å². The minimum atomic E-state index is -0.326. The van der Waals surface area contributed by atoms with E-state index < -0.39 is 0 Å². The van der Waals surface area contributed by atoms with E-state index in [4.69, 9.17) is 14.4 Å². The molecule has 0 fully saturated rings. The Morgan fingerprint density at radius 2 is 1.22 bits per heavy atom. The molecule has 10 rings (SSSR count). The summed E-state index contributed by atoms with van der Waals surface area (Å²) in [5.41, 5.74) is 13.2. The number of phenols is 1. The van der Waals surface area contributed by atoms with Crippen molar-refractivity contribution in [2.75, 3.05) is 0 Å². The molecular formula is C58H52N3O2Pt-. The van der Waals surface area contributed by atoms with Gasteiger partial charge in [0.2, 0.25) is 0 Å². The predicted molar refractivity (Wildman–Crippen MR) is 262 cm³/mol. The van der Waals surface area contributed by atoms with Crippen molar-refractivity contribution in [2.24, 2.45) is 0 Å². The number of furan rings is 1.